The first kappa shape index (κ1) is 18.7. The number of benzene rings is 1. The van der Waals surface area contributed by atoms with E-state index >= 15 is 0 Å². The fraction of sp³-hybridized carbons (Fsp3) is 0.450. The van der Waals surface area contributed by atoms with Gasteiger partial charge in [-0.1, -0.05) is 18.2 Å². The van der Waals surface area contributed by atoms with Gasteiger partial charge >= 0.3 is 6.03 Å². The third-order valence-electron chi connectivity index (χ3n) is 4.97. The molecule has 2 aromatic rings. The summed E-state index contributed by atoms with van der Waals surface area (Å²) >= 11 is 1.69. The minimum Gasteiger partial charge on any atom is -0.371 e. The zero-order valence-corrected chi connectivity index (χ0v) is 16.3. The van der Waals surface area contributed by atoms with Gasteiger partial charge in [0.1, 0.15) is 0 Å². The molecule has 1 fully saturated rings. The molecule has 2 heterocycles. The predicted molar refractivity (Wildman–Crippen MR) is 109 cm³/mol. The number of nitrogens with zero attached hydrogens (tertiary/aromatic N) is 2. The number of amides is 2. The van der Waals surface area contributed by atoms with Crippen LogP contribution >= 0.6 is 11.3 Å². The Morgan fingerprint density at radius 1 is 1.27 bits per heavy atom. The molecule has 1 saturated heterocycles. The van der Waals surface area contributed by atoms with Crippen LogP contribution in [0.5, 0.6) is 0 Å². The molecule has 1 aliphatic rings. The normalized spacial score (nSPS) is 18.1. The van der Waals surface area contributed by atoms with E-state index in [2.05, 4.69) is 61.5 Å². The van der Waals surface area contributed by atoms with Gasteiger partial charge in [-0.25, -0.2) is 4.79 Å². The first-order valence-corrected chi connectivity index (χ1v) is 10.1. The maximum atomic E-state index is 12.2. The number of rotatable bonds is 7. The topological polar surface area (TPSA) is 47.6 Å². The number of para-hydroxylation sites is 1. The second kappa shape index (κ2) is 9.05. The number of hydrogen-bond acceptors (Lipinski definition) is 4. The molecule has 2 N–H and O–H groups in total. The number of hydrogen-bond donors (Lipinski definition) is 2. The Labute approximate surface area is 160 Å². The van der Waals surface area contributed by atoms with Crippen LogP contribution in [0.2, 0.25) is 0 Å². The molecule has 0 saturated carbocycles. The molecule has 26 heavy (non-hydrogen) atoms. The molecule has 140 valence electrons. The molecule has 1 aromatic carbocycles. The zero-order chi connectivity index (χ0) is 18.4. The molecular weight excluding hydrogens is 344 g/mol. The molecule has 3 rings (SSSR count). The summed E-state index contributed by atoms with van der Waals surface area (Å²) in [7, 11) is 4.08. The highest BCUT2D eigenvalue weighted by Crippen LogP contribution is 2.23. The third kappa shape index (κ3) is 4.99. The average molecular weight is 373 g/mol. The van der Waals surface area contributed by atoms with Gasteiger partial charge < -0.3 is 20.4 Å². The van der Waals surface area contributed by atoms with Crippen molar-refractivity contribution in [3.8, 4) is 0 Å². The Balaban J connectivity index is 1.40. The number of carbonyl (C=O) groups is 1. The molecule has 1 aliphatic heterocycles. The van der Waals surface area contributed by atoms with Gasteiger partial charge in [-0.05, 0) is 61.0 Å². The van der Waals surface area contributed by atoms with Crippen molar-refractivity contribution in [1.29, 1.82) is 0 Å². The van der Waals surface area contributed by atoms with Gasteiger partial charge in [0.25, 0.3) is 0 Å². The minimum absolute atomic E-state index is 0.0785. The smallest absolute Gasteiger partial charge is 0.314 e. The summed E-state index contributed by atoms with van der Waals surface area (Å²) in [6.07, 6.45) is 1.12. The number of urea groups is 1. The first-order chi connectivity index (χ1) is 12.6. The van der Waals surface area contributed by atoms with Crippen LogP contribution in [0, 0.1) is 5.92 Å². The molecule has 1 aromatic heterocycles. The highest BCUT2D eigenvalue weighted by molar-refractivity contribution is 7.07. The SMILES string of the molecule is CN(C)C(CNC(=O)NCC1CCN(c2ccccc2)C1)c1ccsc1. The Morgan fingerprint density at radius 3 is 2.77 bits per heavy atom. The van der Waals surface area contributed by atoms with Crippen LogP contribution in [0.15, 0.2) is 47.2 Å². The van der Waals surface area contributed by atoms with Crippen LogP contribution in [0.4, 0.5) is 10.5 Å². The van der Waals surface area contributed by atoms with Crippen molar-refractivity contribution in [2.24, 2.45) is 5.92 Å². The third-order valence-corrected chi connectivity index (χ3v) is 5.67. The van der Waals surface area contributed by atoms with Crippen LogP contribution in [-0.2, 0) is 0 Å². The molecule has 0 aliphatic carbocycles. The highest BCUT2D eigenvalue weighted by Gasteiger charge is 2.23. The summed E-state index contributed by atoms with van der Waals surface area (Å²) in [5.74, 6) is 0.502. The summed E-state index contributed by atoms with van der Waals surface area (Å²) in [6.45, 7) is 3.38. The van der Waals surface area contributed by atoms with Gasteiger partial charge in [0.2, 0.25) is 0 Å². The Hall–Kier alpha value is -2.05. The number of carbonyl (C=O) groups excluding carboxylic acids is 1. The van der Waals surface area contributed by atoms with E-state index in [1.54, 1.807) is 11.3 Å². The van der Waals surface area contributed by atoms with Gasteiger partial charge in [-0.3, -0.25) is 0 Å². The van der Waals surface area contributed by atoms with Crippen molar-refractivity contribution in [2.45, 2.75) is 12.5 Å². The lowest BCUT2D eigenvalue weighted by Crippen LogP contribution is -2.42. The fourth-order valence-electron chi connectivity index (χ4n) is 3.42. The fourth-order valence-corrected chi connectivity index (χ4v) is 4.13. The van der Waals surface area contributed by atoms with Crippen molar-refractivity contribution in [3.05, 3.63) is 52.7 Å². The number of thiophene rings is 1. The van der Waals surface area contributed by atoms with Gasteiger partial charge in [0.05, 0.1) is 6.04 Å². The minimum atomic E-state index is -0.0785. The molecule has 2 unspecified atom stereocenters. The van der Waals surface area contributed by atoms with Crippen molar-refractivity contribution < 1.29 is 4.79 Å². The Morgan fingerprint density at radius 2 is 2.08 bits per heavy atom. The summed E-state index contributed by atoms with van der Waals surface area (Å²) in [5.41, 5.74) is 2.51. The predicted octanol–water partition coefficient (Wildman–Crippen LogP) is 3.18. The second-order valence-corrected chi connectivity index (χ2v) is 7.84. The Bertz CT molecular complexity index is 674. The van der Waals surface area contributed by atoms with E-state index < -0.39 is 0 Å². The summed E-state index contributed by atoms with van der Waals surface area (Å²) in [6, 6.07) is 12.7. The maximum absolute atomic E-state index is 12.2. The van der Waals surface area contributed by atoms with Crippen molar-refractivity contribution >= 4 is 23.1 Å². The van der Waals surface area contributed by atoms with Crippen LogP contribution < -0.4 is 15.5 Å². The van der Waals surface area contributed by atoms with E-state index in [1.807, 2.05) is 20.2 Å². The van der Waals surface area contributed by atoms with E-state index in [0.717, 1.165) is 26.1 Å². The van der Waals surface area contributed by atoms with Crippen LogP contribution in [0.1, 0.15) is 18.0 Å². The molecule has 0 bridgehead atoms. The van der Waals surface area contributed by atoms with Gasteiger partial charge in [0, 0.05) is 31.9 Å². The molecule has 2 amide bonds. The number of likely N-dealkylation sites (N-methyl/N-ethyl adjacent to an activating group) is 1. The van der Waals surface area contributed by atoms with Crippen molar-refractivity contribution in [1.82, 2.24) is 15.5 Å². The molecule has 0 spiro atoms. The van der Waals surface area contributed by atoms with Crippen LogP contribution in [-0.4, -0.2) is 51.2 Å². The Kier molecular flexibility index (Phi) is 6.52. The molecular formula is C20H28N4OS. The van der Waals surface area contributed by atoms with E-state index in [4.69, 9.17) is 0 Å². The highest BCUT2D eigenvalue weighted by atomic mass is 32.1. The van der Waals surface area contributed by atoms with Gasteiger partial charge in [-0.2, -0.15) is 11.3 Å². The monoisotopic (exact) mass is 372 g/mol. The molecule has 2 atom stereocenters. The lowest BCUT2D eigenvalue weighted by molar-refractivity contribution is 0.231. The summed E-state index contributed by atoms with van der Waals surface area (Å²) < 4.78 is 0. The second-order valence-electron chi connectivity index (χ2n) is 7.06. The summed E-state index contributed by atoms with van der Waals surface area (Å²) in [4.78, 5) is 16.7. The average Bonchev–Trinajstić information content (AvgIpc) is 3.33. The largest absolute Gasteiger partial charge is 0.371 e. The van der Waals surface area contributed by atoms with E-state index in [0.29, 0.717) is 12.5 Å². The van der Waals surface area contributed by atoms with E-state index in [1.165, 1.54) is 11.3 Å². The summed E-state index contributed by atoms with van der Waals surface area (Å²) in [5, 5.41) is 10.3. The van der Waals surface area contributed by atoms with Crippen molar-refractivity contribution in [3.63, 3.8) is 0 Å². The quantitative estimate of drug-likeness (QED) is 0.785. The van der Waals surface area contributed by atoms with Crippen LogP contribution in [0.25, 0.3) is 0 Å². The van der Waals surface area contributed by atoms with Crippen molar-refractivity contribution in [2.75, 3.05) is 45.2 Å². The maximum Gasteiger partial charge on any atom is 0.314 e. The van der Waals surface area contributed by atoms with E-state index in [-0.39, 0.29) is 12.1 Å². The lowest BCUT2D eigenvalue weighted by Gasteiger charge is -2.24. The standard InChI is InChI=1S/C20H28N4OS/c1-23(2)19(17-9-11-26-15-17)13-22-20(25)21-12-16-8-10-24(14-16)18-6-4-3-5-7-18/h3-7,9,11,15-16,19H,8,10,12-14H2,1-2H3,(H2,21,22,25). The molecule has 5 nitrogen and oxygen atoms in total. The lowest BCUT2D eigenvalue weighted by atomic mass is 10.1. The molecule has 6 heteroatoms. The molecule has 0 radical (unpaired) electrons. The number of anilines is 1. The van der Waals surface area contributed by atoms with Gasteiger partial charge in [-0.15, -0.1) is 0 Å². The van der Waals surface area contributed by atoms with E-state index in [9.17, 15) is 4.79 Å². The first-order valence-electron chi connectivity index (χ1n) is 9.13. The van der Waals surface area contributed by atoms with Crippen LogP contribution in [0.3, 0.4) is 0 Å². The van der Waals surface area contributed by atoms with Gasteiger partial charge in [0.15, 0.2) is 0 Å². The number of nitrogens with one attached hydrogen (secondary N) is 2. The zero-order valence-electron chi connectivity index (χ0n) is 15.5.